The fourth-order valence-electron chi connectivity index (χ4n) is 12.5. The molecule has 0 rings (SSSR count). The monoisotopic (exact) mass is 1470 g/mol. The van der Waals surface area contributed by atoms with Crippen molar-refractivity contribution in [1.82, 2.24) is 0 Å². The van der Waals surface area contributed by atoms with Crippen molar-refractivity contribution in [1.29, 1.82) is 0 Å². The zero-order valence-electron chi connectivity index (χ0n) is 65.5. The number of phosphoric acid groups is 2. The van der Waals surface area contributed by atoms with Gasteiger partial charge in [-0.15, -0.1) is 0 Å². The molecular formula is C81H158O17P2. The first kappa shape index (κ1) is 98.1. The maximum atomic E-state index is 13.1. The number of phosphoric ester groups is 2. The molecule has 0 radical (unpaired) electrons. The van der Waals surface area contributed by atoms with Crippen LogP contribution < -0.4 is 0 Å². The molecule has 0 aliphatic carbocycles. The summed E-state index contributed by atoms with van der Waals surface area (Å²) in [6.45, 7) is 9.61. The van der Waals surface area contributed by atoms with Crippen LogP contribution in [-0.4, -0.2) is 96.7 Å². The van der Waals surface area contributed by atoms with Gasteiger partial charge >= 0.3 is 39.5 Å². The molecule has 0 bridgehead atoms. The predicted molar refractivity (Wildman–Crippen MR) is 409 cm³/mol. The number of hydrogen-bond donors (Lipinski definition) is 3. The van der Waals surface area contributed by atoms with Gasteiger partial charge in [0.05, 0.1) is 26.4 Å². The van der Waals surface area contributed by atoms with Crippen LogP contribution in [0.1, 0.15) is 427 Å². The van der Waals surface area contributed by atoms with Crippen LogP contribution in [0.2, 0.25) is 0 Å². The third-order valence-corrected chi connectivity index (χ3v) is 21.2. The first-order valence-corrected chi connectivity index (χ1v) is 45.0. The average Bonchev–Trinajstić information content (AvgIpc) is 0.942. The van der Waals surface area contributed by atoms with E-state index in [9.17, 15) is 43.2 Å². The highest BCUT2D eigenvalue weighted by atomic mass is 31.2. The van der Waals surface area contributed by atoms with Gasteiger partial charge in [0.1, 0.15) is 19.3 Å². The van der Waals surface area contributed by atoms with E-state index < -0.39 is 97.5 Å². The number of aliphatic hydroxyl groups is 1. The highest BCUT2D eigenvalue weighted by molar-refractivity contribution is 7.47. The topological polar surface area (TPSA) is 237 Å². The third kappa shape index (κ3) is 73.0. The minimum atomic E-state index is -4.96. The van der Waals surface area contributed by atoms with Crippen molar-refractivity contribution in [2.75, 3.05) is 39.6 Å². The maximum Gasteiger partial charge on any atom is 0.472 e. The molecule has 0 aromatic rings. The zero-order valence-corrected chi connectivity index (χ0v) is 67.3. The molecule has 6 atom stereocenters. The van der Waals surface area contributed by atoms with E-state index in [1.807, 2.05) is 0 Å². The molecule has 0 saturated carbocycles. The maximum absolute atomic E-state index is 13.1. The average molecular weight is 1470 g/mol. The lowest BCUT2D eigenvalue weighted by Gasteiger charge is -2.21. The highest BCUT2D eigenvalue weighted by Crippen LogP contribution is 2.45. The summed E-state index contributed by atoms with van der Waals surface area (Å²) in [5.41, 5.74) is 0. The summed E-state index contributed by atoms with van der Waals surface area (Å²) < 4.78 is 68.7. The summed E-state index contributed by atoms with van der Waals surface area (Å²) in [5.74, 6) is -0.580. The van der Waals surface area contributed by atoms with Crippen molar-refractivity contribution in [3.63, 3.8) is 0 Å². The van der Waals surface area contributed by atoms with Crippen molar-refractivity contribution in [2.45, 2.75) is 445 Å². The van der Waals surface area contributed by atoms with E-state index in [1.54, 1.807) is 0 Å². The molecule has 19 heteroatoms. The number of carbonyl (C=O) groups excluding carboxylic acids is 4. The summed E-state index contributed by atoms with van der Waals surface area (Å²) in [6, 6.07) is 0. The molecule has 100 heavy (non-hydrogen) atoms. The number of rotatable bonds is 80. The van der Waals surface area contributed by atoms with Crippen molar-refractivity contribution in [2.24, 2.45) is 11.8 Å². The van der Waals surface area contributed by atoms with Crippen LogP contribution in [0, 0.1) is 11.8 Å². The first-order valence-electron chi connectivity index (χ1n) is 42.0. The Balaban J connectivity index is 5.22. The predicted octanol–water partition coefficient (Wildman–Crippen LogP) is 24.3. The lowest BCUT2D eigenvalue weighted by Crippen LogP contribution is -2.30. The van der Waals surface area contributed by atoms with Gasteiger partial charge in [0.25, 0.3) is 0 Å². The number of ether oxygens (including phenoxy) is 4. The smallest absolute Gasteiger partial charge is 0.462 e. The molecule has 3 N–H and O–H groups in total. The molecule has 0 heterocycles. The summed E-state index contributed by atoms with van der Waals surface area (Å²) >= 11 is 0. The molecule has 0 saturated heterocycles. The Morgan fingerprint density at radius 1 is 0.290 bits per heavy atom. The van der Waals surface area contributed by atoms with Crippen molar-refractivity contribution in [3.05, 3.63) is 0 Å². The van der Waals surface area contributed by atoms with Crippen molar-refractivity contribution in [3.8, 4) is 0 Å². The van der Waals surface area contributed by atoms with Crippen LogP contribution in [0.25, 0.3) is 0 Å². The fraction of sp³-hybridized carbons (Fsp3) is 0.951. The molecule has 0 fully saturated rings. The van der Waals surface area contributed by atoms with E-state index in [-0.39, 0.29) is 25.7 Å². The van der Waals surface area contributed by atoms with Crippen molar-refractivity contribution >= 4 is 39.5 Å². The van der Waals surface area contributed by atoms with E-state index >= 15 is 0 Å². The lowest BCUT2D eigenvalue weighted by atomic mass is 9.99. The minimum absolute atomic E-state index is 0.107. The molecule has 594 valence electrons. The van der Waals surface area contributed by atoms with Crippen LogP contribution in [0.4, 0.5) is 0 Å². The fourth-order valence-corrected chi connectivity index (χ4v) is 14.1. The Morgan fingerprint density at radius 3 is 0.760 bits per heavy atom. The van der Waals surface area contributed by atoms with Crippen LogP contribution >= 0.6 is 15.6 Å². The zero-order chi connectivity index (χ0) is 73.5. The molecule has 0 aliphatic heterocycles. The van der Waals surface area contributed by atoms with Gasteiger partial charge in [0, 0.05) is 25.7 Å². The van der Waals surface area contributed by atoms with E-state index in [1.165, 1.54) is 238 Å². The highest BCUT2D eigenvalue weighted by Gasteiger charge is 2.30. The van der Waals surface area contributed by atoms with Gasteiger partial charge in [-0.3, -0.25) is 37.3 Å². The Morgan fingerprint density at radius 2 is 0.510 bits per heavy atom. The van der Waals surface area contributed by atoms with Crippen molar-refractivity contribution < 1.29 is 80.2 Å². The van der Waals surface area contributed by atoms with E-state index in [0.717, 1.165) is 102 Å². The largest absolute Gasteiger partial charge is 0.472 e. The Bertz CT molecular complexity index is 1930. The number of esters is 4. The Labute approximate surface area is 613 Å². The van der Waals surface area contributed by atoms with Crippen LogP contribution in [0.3, 0.4) is 0 Å². The van der Waals surface area contributed by atoms with Gasteiger partial charge in [-0.2, -0.15) is 0 Å². The van der Waals surface area contributed by atoms with Gasteiger partial charge in [0.2, 0.25) is 0 Å². The Kier molecular flexibility index (Phi) is 71.2. The number of carbonyl (C=O) groups is 4. The number of hydrogen-bond acceptors (Lipinski definition) is 15. The first-order chi connectivity index (χ1) is 48.4. The SMILES string of the molecule is CCCCCCCCCCCCCCCCCCCCCC(=O)O[C@H](COC(=O)CCCCCCCCCCCCCCCCC(C)CC)COP(=O)(O)OC[C@@H](O)COP(=O)(O)OC[C@@H](COC(=O)CCCCCCCCC(C)C)OC(=O)CCCCCCCCCCCCCCCC. The molecule has 0 aromatic heterocycles. The van der Waals surface area contributed by atoms with E-state index in [0.29, 0.717) is 31.6 Å². The van der Waals surface area contributed by atoms with Gasteiger partial charge in [-0.05, 0) is 37.5 Å². The van der Waals surface area contributed by atoms with Gasteiger partial charge in [-0.25, -0.2) is 9.13 Å². The minimum Gasteiger partial charge on any atom is -0.462 e. The molecule has 0 spiro atoms. The van der Waals surface area contributed by atoms with E-state index in [4.69, 9.17) is 37.0 Å². The van der Waals surface area contributed by atoms with Crippen LogP contribution in [0.5, 0.6) is 0 Å². The quantitative estimate of drug-likeness (QED) is 0.0222. The van der Waals surface area contributed by atoms with Gasteiger partial charge in [-0.1, -0.05) is 375 Å². The summed E-state index contributed by atoms with van der Waals surface area (Å²) in [5, 5.41) is 10.6. The Hall–Kier alpha value is -1.94. The molecule has 0 aromatic carbocycles. The van der Waals surface area contributed by atoms with Gasteiger partial charge in [0.15, 0.2) is 12.2 Å². The van der Waals surface area contributed by atoms with Crippen LogP contribution in [0.15, 0.2) is 0 Å². The summed E-state index contributed by atoms with van der Waals surface area (Å²) in [4.78, 5) is 73.0. The molecule has 17 nitrogen and oxygen atoms in total. The van der Waals surface area contributed by atoms with Crippen LogP contribution in [-0.2, 0) is 65.4 Å². The molecule has 3 unspecified atom stereocenters. The molecular weight excluding hydrogens is 1310 g/mol. The molecule has 0 aliphatic rings. The number of aliphatic hydroxyl groups excluding tert-OH is 1. The summed E-state index contributed by atoms with van der Waals surface area (Å²) in [6.07, 6.45) is 62.5. The third-order valence-electron chi connectivity index (χ3n) is 19.3. The summed E-state index contributed by atoms with van der Waals surface area (Å²) in [7, 11) is -9.92. The lowest BCUT2D eigenvalue weighted by molar-refractivity contribution is -0.161. The number of unbranched alkanes of at least 4 members (excludes halogenated alkanes) is 49. The molecule has 0 amide bonds. The second-order valence-electron chi connectivity index (χ2n) is 29.9. The van der Waals surface area contributed by atoms with Gasteiger partial charge < -0.3 is 33.8 Å². The second-order valence-corrected chi connectivity index (χ2v) is 32.8. The standard InChI is InChI=1S/C81H158O17P2/c1-7-10-12-14-16-18-20-22-24-25-26-27-28-34-38-42-46-54-60-66-80(85)97-76(69-91-78(83)63-57-51-44-40-36-33-30-29-31-35-39-43-50-56-62-74(6)9-3)71-95-99(87,88)93-67-75(82)68-94-100(89,90)96-72-77(70-92-79(84)64-58-52-48-47-49-55-61-73(4)5)98-81(86)65-59-53-45-41-37-32-23-21-19-17-15-13-11-8-2/h73-77,82H,7-72H2,1-6H3,(H,87,88)(H,89,90)/t74?,75-,76-,77-/m1/s1. The van der Waals surface area contributed by atoms with E-state index in [2.05, 4.69) is 41.5 Å². The normalized spacial score (nSPS) is 14.2. The second kappa shape index (κ2) is 72.6.